The highest BCUT2D eigenvalue weighted by atomic mass is 16.5. The van der Waals surface area contributed by atoms with Gasteiger partial charge in [0.1, 0.15) is 5.82 Å². The number of rotatable bonds is 9. The minimum absolute atomic E-state index is 0.504. The average molecular weight is 431 g/mol. The summed E-state index contributed by atoms with van der Waals surface area (Å²) in [6.07, 6.45) is 8.19. The van der Waals surface area contributed by atoms with Gasteiger partial charge >= 0.3 is 0 Å². The number of hydrogen-bond acceptors (Lipinski definition) is 5. The summed E-state index contributed by atoms with van der Waals surface area (Å²) in [6.45, 7) is 12.2. The largest absolute Gasteiger partial charge is 0.379 e. The topological polar surface area (TPSA) is 65.0 Å². The standard InChI is InChI=1S/C24H42N6O/c1-4-21(5-2)22(29-13-15-31-16-14-29)19-28-24(25-3)27-18-20-9-10-26-23(17-20)30-11-7-6-8-12-30/h9-10,17,21-22H,4-8,11-16,18-19H2,1-3H3,(H2,25,27,28). The molecule has 174 valence electrons. The highest BCUT2D eigenvalue weighted by Gasteiger charge is 2.27. The van der Waals surface area contributed by atoms with Crippen molar-refractivity contribution in [3.05, 3.63) is 23.9 Å². The monoisotopic (exact) mass is 430 g/mol. The number of guanidine groups is 1. The average Bonchev–Trinajstić information content (AvgIpc) is 2.84. The molecule has 1 atom stereocenters. The number of aliphatic imine (C=N–C) groups is 1. The Kier molecular flexibility index (Phi) is 9.87. The van der Waals surface area contributed by atoms with Crippen LogP contribution >= 0.6 is 0 Å². The van der Waals surface area contributed by atoms with Crippen LogP contribution in [0.15, 0.2) is 23.3 Å². The summed E-state index contributed by atoms with van der Waals surface area (Å²) in [5.74, 6) is 2.64. The van der Waals surface area contributed by atoms with Crippen LogP contribution in [0.3, 0.4) is 0 Å². The first kappa shape index (κ1) is 23.8. The van der Waals surface area contributed by atoms with Crippen molar-refractivity contribution in [2.75, 3.05) is 57.9 Å². The summed E-state index contributed by atoms with van der Waals surface area (Å²) >= 11 is 0. The lowest BCUT2D eigenvalue weighted by Crippen LogP contribution is -2.53. The van der Waals surface area contributed by atoms with Gasteiger partial charge in [-0.05, 0) is 42.9 Å². The number of morpholine rings is 1. The smallest absolute Gasteiger partial charge is 0.191 e. The van der Waals surface area contributed by atoms with Crippen LogP contribution in [0.2, 0.25) is 0 Å². The molecule has 1 aromatic rings. The normalized spacial score (nSPS) is 19.5. The van der Waals surface area contributed by atoms with Crippen molar-refractivity contribution in [2.24, 2.45) is 10.9 Å². The maximum Gasteiger partial charge on any atom is 0.191 e. The number of nitrogens with zero attached hydrogens (tertiary/aromatic N) is 4. The van der Waals surface area contributed by atoms with Crippen molar-refractivity contribution >= 4 is 11.8 Å². The summed E-state index contributed by atoms with van der Waals surface area (Å²) < 4.78 is 5.58. The molecule has 0 aromatic carbocycles. The molecular weight excluding hydrogens is 388 g/mol. The Balaban J connectivity index is 1.54. The lowest BCUT2D eigenvalue weighted by Gasteiger charge is -2.39. The molecule has 2 saturated heterocycles. The van der Waals surface area contributed by atoms with E-state index in [0.29, 0.717) is 12.0 Å². The molecule has 0 amide bonds. The second kappa shape index (κ2) is 12.9. The van der Waals surface area contributed by atoms with E-state index in [4.69, 9.17) is 4.74 Å². The second-order valence-corrected chi connectivity index (χ2v) is 8.67. The summed E-state index contributed by atoms with van der Waals surface area (Å²) in [5.41, 5.74) is 1.24. The van der Waals surface area contributed by atoms with E-state index >= 15 is 0 Å². The highest BCUT2D eigenvalue weighted by molar-refractivity contribution is 5.79. The van der Waals surface area contributed by atoms with E-state index < -0.39 is 0 Å². The quantitative estimate of drug-likeness (QED) is 0.464. The molecule has 2 N–H and O–H groups in total. The van der Waals surface area contributed by atoms with Gasteiger partial charge in [-0.1, -0.05) is 26.7 Å². The Morgan fingerprint density at radius 2 is 1.84 bits per heavy atom. The third-order valence-corrected chi connectivity index (χ3v) is 6.76. The van der Waals surface area contributed by atoms with E-state index in [0.717, 1.165) is 64.3 Å². The molecule has 3 rings (SSSR count). The summed E-state index contributed by atoms with van der Waals surface area (Å²) in [7, 11) is 1.85. The van der Waals surface area contributed by atoms with Gasteiger partial charge in [0.15, 0.2) is 5.96 Å². The third kappa shape index (κ3) is 7.07. The molecule has 7 heteroatoms. The van der Waals surface area contributed by atoms with Crippen LogP contribution in [0.25, 0.3) is 0 Å². The first-order valence-corrected chi connectivity index (χ1v) is 12.2. The summed E-state index contributed by atoms with van der Waals surface area (Å²) in [6, 6.07) is 4.81. The van der Waals surface area contributed by atoms with Gasteiger partial charge in [-0.15, -0.1) is 0 Å². The zero-order chi connectivity index (χ0) is 21.9. The lowest BCUT2D eigenvalue weighted by atomic mass is 9.92. The molecule has 0 saturated carbocycles. The van der Waals surface area contributed by atoms with Gasteiger partial charge in [0.25, 0.3) is 0 Å². The molecule has 0 radical (unpaired) electrons. The van der Waals surface area contributed by atoms with E-state index in [9.17, 15) is 0 Å². The molecule has 0 bridgehead atoms. The molecule has 1 aromatic heterocycles. The number of hydrogen-bond donors (Lipinski definition) is 2. The third-order valence-electron chi connectivity index (χ3n) is 6.76. The molecule has 7 nitrogen and oxygen atoms in total. The molecule has 0 spiro atoms. The fourth-order valence-corrected chi connectivity index (χ4v) is 4.81. The predicted octanol–water partition coefficient (Wildman–Crippen LogP) is 2.87. The maximum atomic E-state index is 5.58. The number of pyridine rings is 1. The number of aromatic nitrogens is 1. The van der Waals surface area contributed by atoms with Crippen LogP contribution in [-0.4, -0.2) is 74.9 Å². The Labute approximate surface area is 188 Å². The Hall–Kier alpha value is -1.86. The van der Waals surface area contributed by atoms with Gasteiger partial charge < -0.3 is 20.3 Å². The first-order chi connectivity index (χ1) is 15.2. The van der Waals surface area contributed by atoms with E-state index in [-0.39, 0.29) is 0 Å². The lowest BCUT2D eigenvalue weighted by molar-refractivity contribution is 0.00272. The Morgan fingerprint density at radius 3 is 2.52 bits per heavy atom. The van der Waals surface area contributed by atoms with E-state index in [1.807, 2.05) is 13.2 Å². The molecular formula is C24H42N6O. The Bertz CT molecular complexity index is 666. The van der Waals surface area contributed by atoms with Crippen LogP contribution < -0.4 is 15.5 Å². The Morgan fingerprint density at radius 1 is 1.10 bits per heavy atom. The van der Waals surface area contributed by atoms with Crippen molar-refractivity contribution in [3.63, 3.8) is 0 Å². The van der Waals surface area contributed by atoms with Crippen LogP contribution in [0.4, 0.5) is 5.82 Å². The summed E-state index contributed by atoms with van der Waals surface area (Å²) in [5, 5.41) is 7.09. The number of piperidine rings is 1. The minimum atomic E-state index is 0.504. The van der Waals surface area contributed by atoms with Crippen LogP contribution in [0, 0.1) is 5.92 Å². The minimum Gasteiger partial charge on any atom is -0.379 e. The van der Waals surface area contributed by atoms with Crippen molar-refractivity contribution in [1.82, 2.24) is 20.5 Å². The molecule has 1 unspecified atom stereocenters. The van der Waals surface area contributed by atoms with Gasteiger partial charge in [-0.25, -0.2) is 4.98 Å². The second-order valence-electron chi connectivity index (χ2n) is 8.67. The van der Waals surface area contributed by atoms with Crippen molar-refractivity contribution in [2.45, 2.75) is 58.5 Å². The van der Waals surface area contributed by atoms with Crippen LogP contribution in [0.1, 0.15) is 51.5 Å². The molecule has 0 aliphatic carbocycles. The molecule has 2 aliphatic rings. The number of anilines is 1. The highest BCUT2D eigenvalue weighted by Crippen LogP contribution is 2.20. The SMILES string of the molecule is CCC(CC)C(CNC(=NC)NCc1ccnc(N2CCCCC2)c1)N1CCOCC1. The van der Waals surface area contributed by atoms with E-state index in [1.165, 1.54) is 37.7 Å². The van der Waals surface area contributed by atoms with Crippen LogP contribution in [0.5, 0.6) is 0 Å². The molecule has 31 heavy (non-hydrogen) atoms. The predicted molar refractivity (Wildman–Crippen MR) is 129 cm³/mol. The fraction of sp³-hybridized carbons (Fsp3) is 0.750. The summed E-state index contributed by atoms with van der Waals surface area (Å²) in [4.78, 5) is 14.1. The van der Waals surface area contributed by atoms with Crippen molar-refractivity contribution in [1.29, 1.82) is 0 Å². The number of nitrogens with one attached hydrogen (secondary N) is 2. The van der Waals surface area contributed by atoms with E-state index in [1.54, 1.807) is 0 Å². The fourth-order valence-electron chi connectivity index (χ4n) is 4.81. The van der Waals surface area contributed by atoms with Crippen LogP contribution in [-0.2, 0) is 11.3 Å². The molecule has 2 fully saturated rings. The number of ether oxygens (including phenoxy) is 1. The van der Waals surface area contributed by atoms with Gasteiger partial charge in [0.05, 0.1) is 13.2 Å². The van der Waals surface area contributed by atoms with Crippen molar-refractivity contribution in [3.8, 4) is 0 Å². The van der Waals surface area contributed by atoms with E-state index in [2.05, 4.69) is 56.4 Å². The molecule has 3 heterocycles. The van der Waals surface area contributed by atoms with Gasteiger partial charge in [0.2, 0.25) is 0 Å². The maximum absolute atomic E-state index is 5.58. The van der Waals surface area contributed by atoms with Gasteiger partial charge in [0, 0.05) is 58.6 Å². The zero-order valence-electron chi connectivity index (χ0n) is 19.8. The van der Waals surface area contributed by atoms with Gasteiger partial charge in [-0.3, -0.25) is 9.89 Å². The first-order valence-electron chi connectivity index (χ1n) is 12.2. The van der Waals surface area contributed by atoms with Crippen molar-refractivity contribution < 1.29 is 4.74 Å². The zero-order valence-corrected chi connectivity index (χ0v) is 19.8. The molecule has 2 aliphatic heterocycles. The van der Waals surface area contributed by atoms with Gasteiger partial charge in [-0.2, -0.15) is 0 Å².